The van der Waals surface area contributed by atoms with Crippen molar-refractivity contribution in [2.24, 2.45) is 0 Å². The molecule has 0 unspecified atom stereocenters. The normalized spacial score (nSPS) is 15.0. The summed E-state index contributed by atoms with van der Waals surface area (Å²) in [6.45, 7) is 0.533. The first-order valence-electron chi connectivity index (χ1n) is 7.57. The molecule has 0 aromatic heterocycles. The Morgan fingerprint density at radius 3 is 2.43 bits per heavy atom. The minimum Gasteiger partial charge on any atom is -0.491 e. The van der Waals surface area contributed by atoms with E-state index in [1.165, 1.54) is 6.07 Å². The number of hydroxylamine groups is 1. The molecule has 1 fully saturated rings. The zero-order valence-corrected chi connectivity index (χ0v) is 12.6. The fourth-order valence-electron chi connectivity index (χ4n) is 2.53. The van der Waals surface area contributed by atoms with E-state index in [1.807, 2.05) is 30.3 Å². The van der Waals surface area contributed by atoms with Crippen molar-refractivity contribution in [1.29, 1.82) is 0 Å². The number of rotatable bonds is 7. The predicted molar refractivity (Wildman–Crippen MR) is 83.3 cm³/mol. The fourth-order valence-corrected chi connectivity index (χ4v) is 2.53. The number of nitrogens with one attached hydrogen (secondary N) is 1. The van der Waals surface area contributed by atoms with Crippen LogP contribution in [0.4, 0.5) is 4.39 Å². The summed E-state index contributed by atoms with van der Waals surface area (Å²) in [6.07, 6.45) is 1.26. The largest absolute Gasteiger partial charge is 0.491 e. The molecule has 0 bridgehead atoms. The van der Waals surface area contributed by atoms with Crippen molar-refractivity contribution in [3.8, 4) is 5.75 Å². The van der Waals surface area contributed by atoms with E-state index in [0.29, 0.717) is 25.0 Å². The van der Waals surface area contributed by atoms with Crippen molar-refractivity contribution in [2.75, 3.05) is 13.2 Å². The standard InChI is InChI=1S/C18H18FNO3/c19-16-9-5-4-8-15(16)18(10-11-18)17(21)20-23-13-12-22-14-6-2-1-3-7-14/h1-9H,10-13H2,(H,20,21). The lowest BCUT2D eigenvalue weighted by Crippen LogP contribution is -2.36. The van der Waals surface area contributed by atoms with E-state index < -0.39 is 5.41 Å². The Balaban J connectivity index is 1.46. The molecule has 1 aliphatic rings. The van der Waals surface area contributed by atoms with Gasteiger partial charge in [0.1, 0.15) is 24.8 Å². The molecule has 0 radical (unpaired) electrons. The van der Waals surface area contributed by atoms with E-state index >= 15 is 0 Å². The molecule has 0 atom stereocenters. The van der Waals surface area contributed by atoms with Crippen molar-refractivity contribution < 1.29 is 18.8 Å². The summed E-state index contributed by atoms with van der Waals surface area (Å²) in [7, 11) is 0. The van der Waals surface area contributed by atoms with Crippen molar-refractivity contribution in [3.05, 3.63) is 66.0 Å². The van der Waals surface area contributed by atoms with Gasteiger partial charge in [0.2, 0.25) is 0 Å². The molecule has 2 aromatic rings. The highest BCUT2D eigenvalue weighted by Crippen LogP contribution is 2.49. The molecule has 0 aliphatic heterocycles. The van der Waals surface area contributed by atoms with Crippen LogP contribution in [0.1, 0.15) is 18.4 Å². The van der Waals surface area contributed by atoms with E-state index in [-0.39, 0.29) is 18.3 Å². The Bertz CT molecular complexity index is 671. The van der Waals surface area contributed by atoms with E-state index in [1.54, 1.807) is 18.2 Å². The van der Waals surface area contributed by atoms with Gasteiger partial charge >= 0.3 is 0 Å². The maximum absolute atomic E-state index is 13.9. The van der Waals surface area contributed by atoms with Gasteiger partial charge in [0, 0.05) is 5.56 Å². The molecule has 1 N–H and O–H groups in total. The highest BCUT2D eigenvalue weighted by atomic mass is 19.1. The SMILES string of the molecule is O=C(NOCCOc1ccccc1)C1(c2ccccc2F)CC1. The zero-order chi connectivity index (χ0) is 16.1. The van der Waals surface area contributed by atoms with E-state index in [9.17, 15) is 9.18 Å². The van der Waals surface area contributed by atoms with Gasteiger partial charge < -0.3 is 4.74 Å². The average molecular weight is 315 g/mol. The van der Waals surface area contributed by atoms with Crippen LogP contribution in [0.2, 0.25) is 0 Å². The number of carbonyl (C=O) groups is 1. The first-order chi connectivity index (χ1) is 11.2. The summed E-state index contributed by atoms with van der Waals surface area (Å²) in [5.41, 5.74) is 2.06. The lowest BCUT2D eigenvalue weighted by Gasteiger charge is -2.16. The van der Waals surface area contributed by atoms with Gasteiger partial charge in [0.25, 0.3) is 5.91 Å². The average Bonchev–Trinajstić information content (AvgIpc) is 3.37. The minimum atomic E-state index is -0.786. The van der Waals surface area contributed by atoms with Gasteiger partial charge in [-0.05, 0) is 31.0 Å². The first-order valence-corrected chi connectivity index (χ1v) is 7.57. The Labute approximate surface area is 134 Å². The number of carbonyl (C=O) groups excluding carboxylic acids is 1. The van der Waals surface area contributed by atoms with Crippen LogP contribution in [-0.2, 0) is 15.0 Å². The Morgan fingerprint density at radius 1 is 1.04 bits per heavy atom. The first kappa shape index (κ1) is 15.5. The molecule has 4 nitrogen and oxygen atoms in total. The van der Waals surface area contributed by atoms with Crippen LogP contribution in [0, 0.1) is 5.82 Å². The molecule has 1 aliphatic carbocycles. The number of para-hydroxylation sites is 1. The van der Waals surface area contributed by atoms with Crippen LogP contribution in [0.3, 0.4) is 0 Å². The zero-order valence-electron chi connectivity index (χ0n) is 12.6. The van der Waals surface area contributed by atoms with E-state index in [0.717, 1.165) is 5.75 Å². The second kappa shape index (κ2) is 6.79. The highest BCUT2D eigenvalue weighted by molar-refractivity contribution is 5.90. The van der Waals surface area contributed by atoms with Gasteiger partial charge in [-0.25, -0.2) is 9.87 Å². The van der Waals surface area contributed by atoms with Crippen LogP contribution in [0.15, 0.2) is 54.6 Å². The third kappa shape index (κ3) is 3.51. The number of hydrogen-bond donors (Lipinski definition) is 1. The molecule has 120 valence electrons. The molecule has 0 spiro atoms. The second-order valence-corrected chi connectivity index (χ2v) is 5.50. The maximum Gasteiger partial charge on any atom is 0.254 e. The van der Waals surface area contributed by atoms with Gasteiger partial charge in [-0.2, -0.15) is 0 Å². The van der Waals surface area contributed by atoms with Gasteiger partial charge in [0.05, 0.1) is 5.41 Å². The molecule has 3 rings (SSSR count). The third-order valence-electron chi connectivity index (χ3n) is 3.94. The summed E-state index contributed by atoms with van der Waals surface area (Å²) in [5.74, 6) is 0.0855. The summed E-state index contributed by atoms with van der Waals surface area (Å²) in [5, 5.41) is 0. The molecule has 1 amide bonds. The fraction of sp³-hybridized carbons (Fsp3) is 0.278. The molecular weight excluding hydrogens is 297 g/mol. The Kier molecular flexibility index (Phi) is 4.57. The van der Waals surface area contributed by atoms with Crippen LogP contribution in [0.5, 0.6) is 5.75 Å². The van der Waals surface area contributed by atoms with Gasteiger partial charge in [-0.3, -0.25) is 9.63 Å². The highest BCUT2D eigenvalue weighted by Gasteiger charge is 2.52. The Hall–Kier alpha value is -2.40. The monoisotopic (exact) mass is 315 g/mol. The summed E-state index contributed by atoms with van der Waals surface area (Å²) in [4.78, 5) is 17.4. The molecule has 0 heterocycles. The lowest BCUT2D eigenvalue weighted by atomic mass is 9.95. The van der Waals surface area contributed by atoms with Gasteiger partial charge in [0.15, 0.2) is 0 Å². The number of benzene rings is 2. The number of hydrogen-bond acceptors (Lipinski definition) is 3. The van der Waals surface area contributed by atoms with E-state index in [2.05, 4.69) is 5.48 Å². The third-order valence-corrected chi connectivity index (χ3v) is 3.94. The summed E-state index contributed by atoms with van der Waals surface area (Å²) < 4.78 is 19.3. The van der Waals surface area contributed by atoms with Gasteiger partial charge in [-0.1, -0.05) is 36.4 Å². The Morgan fingerprint density at radius 2 is 1.74 bits per heavy atom. The summed E-state index contributed by atoms with van der Waals surface area (Å²) >= 11 is 0. The van der Waals surface area contributed by atoms with Crippen LogP contribution < -0.4 is 10.2 Å². The molecular formula is C18H18FNO3. The topological polar surface area (TPSA) is 47.6 Å². The lowest BCUT2D eigenvalue weighted by molar-refractivity contribution is -0.136. The smallest absolute Gasteiger partial charge is 0.254 e. The minimum absolute atomic E-state index is 0.216. The molecule has 1 saturated carbocycles. The maximum atomic E-state index is 13.9. The molecule has 23 heavy (non-hydrogen) atoms. The quantitative estimate of drug-likeness (QED) is 0.631. The van der Waals surface area contributed by atoms with Crippen LogP contribution in [0.25, 0.3) is 0 Å². The van der Waals surface area contributed by atoms with Crippen molar-refractivity contribution in [1.82, 2.24) is 5.48 Å². The predicted octanol–water partition coefficient (Wildman–Crippen LogP) is 2.98. The molecule has 2 aromatic carbocycles. The van der Waals surface area contributed by atoms with Crippen molar-refractivity contribution in [2.45, 2.75) is 18.3 Å². The summed E-state index contributed by atoms with van der Waals surface area (Å²) in [6, 6.07) is 15.7. The van der Waals surface area contributed by atoms with Crippen molar-refractivity contribution in [3.63, 3.8) is 0 Å². The van der Waals surface area contributed by atoms with Crippen LogP contribution in [-0.4, -0.2) is 19.1 Å². The number of halogens is 1. The number of ether oxygens (including phenoxy) is 1. The second-order valence-electron chi connectivity index (χ2n) is 5.50. The molecule has 5 heteroatoms. The van der Waals surface area contributed by atoms with Crippen molar-refractivity contribution >= 4 is 5.91 Å². The van der Waals surface area contributed by atoms with Crippen LogP contribution >= 0.6 is 0 Å². The number of amides is 1. The van der Waals surface area contributed by atoms with E-state index in [4.69, 9.17) is 9.57 Å². The molecule has 0 saturated heterocycles. The van der Waals surface area contributed by atoms with Gasteiger partial charge in [-0.15, -0.1) is 0 Å².